The normalized spacial score (nSPS) is 10.8. The van der Waals surface area contributed by atoms with E-state index < -0.39 is 0 Å². The highest BCUT2D eigenvalue weighted by Gasteiger charge is 2.10. The van der Waals surface area contributed by atoms with E-state index in [-0.39, 0.29) is 11.0 Å². The number of anilines is 1. The fourth-order valence-electron chi connectivity index (χ4n) is 3.41. The van der Waals surface area contributed by atoms with Gasteiger partial charge in [0.05, 0.1) is 0 Å². The quantitative estimate of drug-likeness (QED) is 0.386. The largest absolute Gasteiger partial charge is 0.440 e. The van der Waals surface area contributed by atoms with E-state index in [9.17, 15) is 4.79 Å². The Bertz CT molecular complexity index is 1240. The number of aromatic nitrogens is 1. The van der Waals surface area contributed by atoms with Crippen LogP contribution in [0.2, 0.25) is 0 Å². The van der Waals surface area contributed by atoms with Crippen LogP contribution < -0.4 is 10.6 Å². The second-order valence-corrected chi connectivity index (χ2v) is 8.25. The molecule has 0 radical (unpaired) electrons. The summed E-state index contributed by atoms with van der Waals surface area (Å²) >= 11 is 5.29. The highest BCUT2D eigenvalue weighted by molar-refractivity contribution is 7.80. The molecule has 5 nitrogen and oxygen atoms in total. The van der Waals surface area contributed by atoms with Crippen LogP contribution in [0, 0.1) is 13.8 Å². The van der Waals surface area contributed by atoms with Gasteiger partial charge in [-0.1, -0.05) is 31.2 Å². The molecule has 162 valence electrons. The molecule has 4 aromatic rings. The monoisotopic (exact) mass is 443 g/mol. The predicted octanol–water partition coefficient (Wildman–Crippen LogP) is 5.72. The van der Waals surface area contributed by atoms with E-state index in [1.165, 1.54) is 16.7 Å². The zero-order valence-corrected chi connectivity index (χ0v) is 19.2. The number of rotatable bonds is 5. The molecular formula is C26H25N3O2S. The van der Waals surface area contributed by atoms with Gasteiger partial charge < -0.3 is 9.73 Å². The van der Waals surface area contributed by atoms with E-state index in [1.807, 2.05) is 42.5 Å². The minimum Gasteiger partial charge on any atom is -0.440 e. The van der Waals surface area contributed by atoms with Crippen LogP contribution >= 0.6 is 12.2 Å². The molecule has 3 aromatic carbocycles. The molecule has 0 aliphatic carbocycles. The van der Waals surface area contributed by atoms with E-state index in [0.29, 0.717) is 17.9 Å². The van der Waals surface area contributed by atoms with Crippen molar-refractivity contribution in [1.82, 2.24) is 10.3 Å². The van der Waals surface area contributed by atoms with Crippen molar-refractivity contribution in [3.8, 4) is 0 Å². The van der Waals surface area contributed by atoms with Gasteiger partial charge in [0.25, 0.3) is 5.91 Å². The Labute approximate surface area is 192 Å². The van der Waals surface area contributed by atoms with Gasteiger partial charge in [-0.3, -0.25) is 10.1 Å². The first kappa shape index (κ1) is 21.7. The molecular weight excluding hydrogens is 418 g/mol. The van der Waals surface area contributed by atoms with Gasteiger partial charge in [-0.25, -0.2) is 4.98 Å². The maximum atomic E-state index is 12.4. The number of hydrogen-bond donors (Lipinski definition) is 2. The van der Waals surface area contributed by atoms with Gasteiger partial charge in [0.15, 0.2) is 16.6 Å². The van der Waals surface area contributed by atoms with Gasteiger partial charge in [-0.05, 0) is 91.1 Å². The number of thiocarbonyl (C=S) groups is 1. The van der Waals surface area contributed by atoms with Gasteiger partial charge in [-0.15, -0.1) is 0 Å². The first-order chi connectivity index (χ1) is 15.4. The molecule has 0 bridgehead atoms. The summed E-state index contributed by atoms with van der Waals surface area (Å²) in [6, 6.07) is 19.4. The molecule has 0 atom stereocenters. The molecule has 2 N–H and O–H groups in total. The molecule has 32 heavy (non-hydrogen) atoms. The van der Waals surface area contributed by atoms with Crippen molar-refractivity contribution in [2.24, 2.45) is 0 Å². The van der Waals surface area contributed by atoms with Crippen molar-refractivity contribution in [3.63, 3.8) is 0 Å². The third kappa shape index (κ3) is 5.03. The van der Waals surface area contributed by atoms with Crippen LogP contribution in [-0.4, -0.2) is 16.0 Å². The molecule has 0 unspecified atom stereocenters. The zero-order chi connectivity index (χ0) is 22.7. The van der Waals surface area contributed by atoms with Crippen LogP contribution in [0.4, 0.5) is 5.69 Å². The molecule has 0 fully saturated rings. The highest BCUT2D eigenvalue weighted by atomic mass is 32.1. The predicted molar refractivity (Wildman–Crippen MR) is 132 cm³/mol. The number of nitrogens with zero attached hydrogens (tertiary/aromatic N) is 1. The standard InChI is InChI=1S/C26H25N3O2S/c1-4-18-5-9-20(10-6-18)25(30)29-26(32)27-21-11-7-19(8-12-21)15-24-28-22-13-16(2)17(3)14-23(22)31-24/h5-14H,4,15H2,1-3H3,(H2,27,29,30,32). The molecule has 0 aliphatic heterocycles. The molecule has 6 heteroatoms. The Morgan fingerprint density at radius 2 is 1.62 bits per heavy atom. The average Bonchev–Trinajstić information content (AvgIpc) is 3.16. The maximum Gasteiger partial charge on any atom is 0.257 e. The third-order valence-electron chi connectivity index (χ3n) is 5.47. The van der Waals surface area contributed by atoms with E-state index >= 15 is 0 Å². The first-order valence-corrected chi connectivity index (χ1v) is 11.0. The molecule has 1 heterocycles. The van der Waals surface area contributed by atoms with Crippen molar-refractivity contribution < 1.29 is 9.21 Å². The molecule has 4 rings (SSSR count). The number of oxazole rings is 1. The minimum atomic E-state index is -0.233. The van der Waals surface area contributed by atoms with Gasteiger partial charge in [0.1, 0.15) is 5.52 Å². The van der Waals surface area contributed by atoms with Gasteiger partial charge >= 0.3 is 0 Å². The van der Waals surface area contributed by atoms with Gasteiger partial charge in [0.2, 0.25) is 0 Å². The summed E-state index contributed by atoms with van der Waals surface area (Å²) in [7, 11) is 0. The molecule has 0 spiro atoms. The summed E-state index contributed by atoms with van der Waals surface area (Å²) in [6.07, 6.45) is 1.53. The molecule has 1 amide bonds. The minimum absolute atomic E-state index is 0.233. The lowest BCUT2D eigenvalue weighted by molar-refractivity contribution is 0.0977. The van der Waals surface area contributed by atoms with E-state index in [0.717, 1.165) is 28.8 Å². The number of benzene rings is 3. The lowest BCUT2D eigenvalue weighted by Gasteiger charge is -2.10. The van der Waals surface area contributed by atoms with Crippen LogP contribution in [-0.2, 0) is 12.8 Å². The second-order valence-electron chi connectivity index (χ2n) is 7.84. The fraction of sp³-hybridized carbons (Fsp3) is 0.192. The van der Waals surface area contributed by atoms with Crippen LogP contribution in [0.1, 0.15) is 45.4 Å². The van der Waals surface area contributed by atoms with Crippen molar-refractivity contribution in [2.45, 2.75) is 33.6 Å². The lowest BCUT2D eigenvalue weighted by atomic mass is 10.1. The molecule has 0 saturated heterocycles. The molecule has 1 aromatic heterocycles. The number of carbonyl (C=O) groups is 1. The second kappa shape index (κ2) is 9.32. The number of fused-ring (bicyclic) bond motifs is 1. The Morgan fingerprint density at radius 3 is 2.31 bits per heavy atom. The number of carbonyl (C=O) groups excluding carboxylic acids is 1. The smallest absolute Gasteiger partial charge is 0.257 e. The van der Waals surface area contributed by atoms with Crippen LogP contribution in [0.15, 0.2) is 65.1 Å². The van der Waals surface area contributed by atoms with Gasteiger partial charge in [-0.2, -0.15) is 0 Å². The fourth-order valence-corrected chi connectivity index (χ4v) is 3.62. The summed E-state index contributed by atoms with van der Waals surface area (Å²) in [5, 5.41) is 6.02. The number of amides is 1. The molecule has 0 aliphatic rings. The van der Waals surface area contributed by atoms with E-state index in [4.69, 9.17) is 16.6 Å². The van der Waals surface area contributed by atoms with E-state index in [1.54, 1.807) is 12.1 Å². The van der Waals surface area contributed by atoms with Crippen molar-refractivity contribution in [2.75, 3.05) is 5.32 Å². The molecule has 0 saturated carbocycles. The highest BCUT2D eigenvalue weighted by Crippen LogP contribution is 2.22. The Morgan fingerprint density at radius 1 is 0.969 bits per heavy atom. The van der Waals surface area contributed by atoms with Crippen molar-refractivity contribution in [3.05, 3.63) is 94.4 Å². The van der Waals surface area contributed by atoms with Crippen molar-refractivity contribution >= 4 is 40.0 Å². The number of hydrogen-bond acceptors (Lipinski definition) is 4. The summed E-state index contributed by atoms with van der Waals surface area (Å²) in [5.74, 6) is 0.450. The third-order valence-corrected chi connectivity index (χ3v) is 5.67. The first-order valence-electron chi connectivity index (χ1n) is 10.6. The van der Waals surface area contributed by atoms with Gasteiger partial charge in [0, 0.05) is 17.7 Å². The summed E-state index contributed by atoms with van der Waals surface area (Å²) < 4.78 is 5.91. The Hall–Kier alpha value is -3.51. The topological polar surface area (TPSA) is 67.2 Å². The lowest BCUT2D eigenvalue weighted by Crippen LogP contribution is -2.34. The maximum absolute atomic E-state index is 12.4. The van der Waals surface area contributed by atoms with Crippen LogP contribution in [0.3, 0.4) is 0 Å². The summed E-state index contributed by atoms with van der Waals surface area (Å²) in [5.41, 5.74) is 7.71. The average molecular weight is 444 g/mol. The Balaban J connectivity index is 1.36. The van der Waals surface area contributed by atoms with E-state index in [2.05, 4.69) is 42.5 Å². The summed E-state index contributed by atoms with van der Waals surface area (Å²) in [6.45, 7) is 6.22. The van der Waals surface area contributed by atoms with Crippen LogP contribution in [0.5, 0.6) is 0 Å². The van der Waals surface area contributed by atoms with Crippen molar-refractivity contribution in [1.29, 1.82) is 0 Å². The van der Waals surface area contributed by atoms with Crippen LogP contribution in [0.25, 0.3) is 11.1 Å². The summed E-state index contributed by atoms with van der Waals surface area (Å²) in [4.78, 5) is 17.0. The zero-order valence-electron chi connectivity index (χ0n) is 18.4. The number of nitrogens with one attached hydrogen (secondary N) is 2. The Kier molecular flexibility index (Phi) is 6.32. The SMILES string of the molecule is CCc1ccc(C(=O)NC(=S)Nc2ccc(Cc3nc4cc(C)c(C)cc4o3)cc2)cc1. The number of aryl methyl sites for hydroxylation is 3.